The molecule has 4 heteroatoms. The number of hydrogen-bond donors (Lipinski definition) is 1. The third-order valence-electron chi connectivity index (χ3n) is 2.75. The van der Waals surface area contributed by atoms with Gasteiger partial charge in [0.1, 0.15) is 5.75 Å². The minimum Gasteiger partial charge on any atom is -0.480 e. The maximum Gasteiger partial charge on any atom is 0.341 e. The molecule has 0 fully saturated rings. The monoisotopic (exact) mass is 240 g/mol. The number of carboxylic acids is 1. The molecule has 0 atom stereocenters. The molecular formula is C12H13ClO3. The molecule has 0 unspecified atom stereocenters. The lowest BCUT2D eigenvalue weighted by atomic mass is 9.92. The highest BCUT2D eigenvalue weighted by Crippen LogP contribution is 2.32. The summed E-state index contributed by atoms with van der Waals surface area (Å²) in [5.41, 5.74) is 2.50. The first-order valence-electron chi connectivity index (χ1n) is 5.32. The predicted molar refractivity (Wildman–Crippen MR) is 61.2 cm³/mol. The van der Waals surface area contributed by atoms with Crippen LogP contribution in [0.15, 0.2) is 12.1 Å². The van der Waals surface area contributed by atoms with Gasteiger partial charge in [-0.3, -0.25) is 0 Å². The van der Waals surface area contributed by atoms with Crippen LogP contribution in [0.1, 0.15) is 24.0 Å². The molecule has 0 aliphatic heterocycles. The molecular weight excluding hydrogens is 228 g/mol. The molecule has 0 bridgehead atoms. The van der Waals surface area contributed by atoms with E-state index in [0.717, 1.165) is 12.8 Å². The molecule has 3 nitrogen and oxygen atoms in total. The molecule has 0 heterocycles. The molecule has 0 spiro atoms. The van der Waals surface area contributed by atoms with Crippen molar-refractivity contribution in [2.45, 2.75) is 25.7 Å². The quantitative estimate of drug-likeness (QED) is 0.884. The molecule has 0 radical (unpaired) electrons. The van der Waals surface area contributed by atoms with Gasteiger partial charge in [0.05, 0.1) is 5.02 Å². The summed E-state index contributed by atoms with van der Waals surface area (Å²) in [6, 6.07) is 3.77. The standard InChI is InChI=1S/C12H13ClO3/c13-10-5-8-3-1-2-4-9(8)6-11(10)16-7-12(14)15/h5-6H,1-4,7H2,(H,14,15). The van der Waals surface area contributed by atoms with Gasteiger partial charge in [-0.15, -0.1) is 0 Å². The Bertz CT molecular complexity index is 415. The van der Waals surface area contributed by atoms with E-state index in [1.807, 2.05) is 12.1 Å². The van der Waals surface area contributed by atoms with Gasteiger partial charge in [-0.05, 0) is 48.9 Å². The van der Waals surface area contributed by atoms with E-state index in [4.69, 9.17) is 21.4 Å². The van der Waals surface area contributed by atoms with E-state index in [1.54, 1.807) is 0 Å². The molecule has 1 aromatic rings. The number of fused-ring (bicyclic) bond motifs is 1. The zero-order chi connectivity index (χ0) is 11.5. The van der Waals surface area contributed by atoms with E-state index in [0.29, 0.717) is 10.8 Å². The number of carboxylic acid groups (broad SMARTS) is 1. The van der Waals surface area contributed by atoms with Crippen LogP contribution in [0, 0.1) is 0 Å². The summed E-state index contributed by atoms with van der Waals surface area (Å²) < 4.78 is 5.13. The Balaban J connectivity index is 2.21. The molecule has 0 aromatic heterocycles. The van der Waals surface area contributed by atoms with Crippen molar-refractivity contribution in [2.75, 3.05) is 6.61 Å². The largest absolute Gasteiger partial charge is 0.480 e. The van der Waals surface area contributed by atoms with E-state index in [9.17, 15) is 4.79 Å². The van der Waals surface area contributed by atoms with Crippen LogP contribution in [0.2, 0.25) is 5.02 Å². The lowest BCUT2D eigenvalue weighted by molar-refractivity contribution is -0.139. The Morgan fingerprint density at radius 3 is 2.56 bits per heavy atom. The molecule has 1 aliphatic carbocycles. The first-order valence-corrected chi connectivity index (χ1v) is 5.70. The van der Waals surface area contributed by atoms with E-state index >= 15 is 0 Å². The van der Waals surface area contributed by atoms with Crippen LogP contribution in [0.25, 0.3) is 0 Å². The van der Waals surface area contributed by atoms with Gasteiger partial charge in [-0.2, -0.15) is 0 Å². The lowest BCUT2D eigenvalue weighted by Gasteiger charge is -2.17. The predicted octanol–water partition coefficient (Wildman–Crippen LogP) is 2.68. The van der Waals surface area contributed by atoms with Gasteiger partial charge in [-0.1, -0.05) is 11.6 Å². The van der Waals surface area contributed by atoms with Crippen molar-refractivity contribution < 1.29 is 14.6 Å². The Labute approximate surface area is 99.0 Å². The average Bonchev–Trinajstić information content (AvgIpc) is 2.26. The number of ether oxygens (including phenoxy) is 1. The molecule has 1 N–H and O–H groups in total. The van der Waals surface area contributed by atoms with Crippen LogP contribution in [0.5, 0.6) is 5.75 Å². The fourth-order valence-corrected chi connectivity index (χ4v) is 2.22. The summed E-state index contributed by atoms with van der Waals surface area (Å²) in [4.78, 5) is 10.4. The summed E-state index contributed by atoms with van der Waals surface area (Å²) >= 11 is 6.03. The zero-order valence-corrected chi connectivity index (χ0v) is 9.59. The van der Waals surface area contributed by atoms with Crippen molar-refractivity contribution in [3.63, 3.8) is 0 Å². The van der Waals surface area contributed by atoms with Crippen LogP contribution < -0.4 is 4.74 Å². The molecule has 2 rings (SSSR count). The Morgan fingerprint density at radius 2 is 1.94 bits per heavy atom. The van der Waals surface area contributed by atoms with Crippen molar-refractivity contribution in [1.29, 1.82) is 0 Å². The third-order valence-corrected chi connectivity index (χ3v) is 3.04. The summed E-state index contributed by atoms with van der Waals surface area (Å²) in [5, 5.41) is 9.04. The zero-order valence-electron chi connectivity index (χ0n) is 8.83. The van der Waals surface area contributed by atoms with Crippen LogP contribution in [-0.4, -0.2) is 17.7 Å². The van der Waals surface area contributed by atoms with E-state index in [1.165, 1.54) is 24.0 Å². The lowest BCUT2D eigenvalue weighted by Crippen LogP contribution is -2.11. The Kier molecular flexibility index (Phi) is 3.34. The Hall–Kier alpha value is -1.22. The van der Waals surface area contributed by atoms with E-state index in [-0.39, 0.29) is 6.61 Å². The summed E-state index contributed by atoms with van der Waals surface area (Å²) in [6.07, 6.45) is 4.44. The second-order valence-corrected chi connectivity index (χ2v) is 4.35. The van der Waals surface area contributed by atoms with Gasteiger partial charge in [0, 0.05) is 0 Å². The van der Waals surface area contributed by atoms with Crippen LogP contribution in [-0.2, 0) is 17.6 Å². The van der Waals surface area contributed by atoms with E-state index < -0.39 is 5.97 Å². The van der Waals surface area contributed by atoms with Gasteiger partial charge in [0.2, 0.25) is 0 Å². The Morgan fingerprint density at radius 1 is 1.31 bits per heavy atom. The number of halogens is 1. The maximum absolute atomic E-state index is 10.4. The molecule has 0 saturated heterocycles. The number of aliphatic carboxylic acids is 1. The van der Waals surface area contributed by atoms with E-state index in [2.05, 4.69) is 0 Å². The van der Waals surface area contributed by atoms with Crippen LogP contribution >= 0.6 is 11.6 Å². The minimum atomic E-state index is -0.992. The normalized spacial score (nSPS) is 14.3. The highest BCUT2D eigenvalue weighted by Gasteiger charge is 2.13. The van der Waals surface area contributed by atoms with Crippen molar-refractivity contribution in [2.24, 2.45) is 0 Å². The third kappa shape index (κ3) is 2.47. The smallest absolute Gasteiger partial charge is 0.341 e. The van der Waals surface area contributed by atoms with Gasteiger partial charge in [0.15, 0.2) is 6.61 Å². The summed E-state index contributed by atoms with van der Waals surface area (Å²) in [7, 11) is 0. The van der Waals surface area contributed by atoms with Crippen molar-refractivity contribution in [3.05, 3.63) is 28.3 Å². The fourth-order valence-electron chi connectivity index (χ4n) is 1.98. The van der Waals surface area contributed by atoms with Crippen LogP contribution in [0.4, 0.5) is 0 Å². The van der Waals surface area contributed by atoms with Gasteiger partial charge in [-0.25, -0.2) is 4.79 Å². The maximum atomic E-state index is 10.4. The van der Waals surface area contributed by atoms with Gasteiger partial charge in [0.25, 0.3) is 0 Å². The highest BCUT2D eigenvalue weighted by molar-refractivity contribution is 6.32. The SMILES string of the molecule is O=C(O)COc1cc2c(cc1Cl)CCCC2. The second kappa shape index (κ2) is 4.74. The number of carbonyl (C=O) groups is 1. The minimum absolute atomic E-state index is 0.349. The first-order chi connectivity index (χ1) is 7.66. The second-order valence-electron chi connectivity index (χ2n) is 3.94. The molecule has 1 aliphatic rings. The van der Waals surface area contributed by atoms with Crippen molar-refractivity contribution >= 4 is 17.6 Å². The number of aryl methyl sites for hydroxylation is 2. The molecule has 0 saturated carbocycles. The topological polar surface area (TPSA) is 46.5 Å². The highest BCUT2D eigenvalue weighted by atomic mass is 35.5. The first kappa shape index (κ1) is 11.3. The van der Waals surface area contributed by atoms with Crippen molar-refractivity contribution in [3.8, 4) is 5.75 Å². The molecule has 0 amide bonds. The number of benzene rings is 1. The number of hydrogen-bond acceptors (Lipinski definition) is 2. The van der Waals surface area contributed by atoms with Gasteiger partial charge >= 0.3 is 5.97 Å². The average molecular weight is 241 g/mol. The van der Waals surface area contributed by atoms with Crippen molar-refractivity contribution in [1.82, 2.24) is 0 Å². The summed E-state index contributed by atoms with van der Waals surface area (Å²) in [5.74, 6) is -0.515. The summed E-state index contributed by atoms with van der Waals surface area (Å²) in [6.45, 7) is -0.349. The van der Waals surface area contributed by atoms with Crippen LogP contribution in [0.3, 0.4) is 0 Å². The fraction of sp³-hybridized carbons (Fsp3) is 0.417. The molecule has 1 aromatic carbocycles. The van der Waals surface area contributed by atoms with Gasteiger partial charge < -0.3 is 9.84 Å². The molecule has 16 heavy (non-hydrogen) atoms. The number of rotatable bonds is 3. The molecule has 86 valence electrons.